The zero-order chi connectivity index (χ0) is 10.6. The zero-order valence-corrected chi connectivity index (χ0v) is 9.22. The molecule has 0 rings (SSSR count). The first-order valence-corrected chi connectivity index (χ1v) is 4.71. The van der Waals surface area contributed by atoms with E-state index in [1.165, 1.54) is 0 Å². The Morgan fingerprint density at radius 3 is 2.15 bits per heavy atom. The molecule has 2 N–H and O–H groups in total. The number of hydrogen-bond acceptors (Lipinski definition) is 2. The number of carboxylic acid groups (broad SMARTS) is 1. The molecule has 0 aromatic rings. The van der Waals surface area contributed by atoms with Crippen LogP contribution >= 0.6 is 0 Å². The summed E-state index contributed by atoms with van der Waals surface area (Å²) in [6, 6.07) is 0.328. The summed E-state index contributed by atoms with van der Waals surface area (Å²) in [5, 5.41) is 11.9. The normalized spacial score (nSPS) is 16.7. The summed E-state index contributed by atoms with van der Waals surface area (Å²) in [5.41, 5.74) is 0.179. The highest BCUT2D eigenvalue weighted by atomic mass is 16.4. The summed E-state index contributed by atoms with van der Waals surface area (Å²) in [4.78, 5) is 10.5. The summed E-state index contributed by atoms with van der Waals surface area (Å²) >= 11 is 0. The van der Waals surface area contributed by atoms with Crippen LogP contribution in [0.3, 0.4) is 0 Å². The Morgan fingerprint density at radius 1 is 1.38 bits per heavy atom. The lowest BCUT2D eigenvalue weighted by molar-refractivity contribution is -0.141. The van der Waals surface area contributed by atoms with Gasteiger partial charge in [-0.3, -0.25) is 4.79 Å². The number of aliphatic carboxylic acids is 1. The molecule has 2 unspecified atom stereocenters. The molecular formula is C10H21NO2. The van der Waals surface area contributed by atoms with Crippen LogP contribution in [0.5, 0.6) is 0 Å². The van der Waals surface area contributed by atoms with Crippen LogP contribution in [-0.4, -0.2) is 23.7 Å². The molecule has 0 aliphatic carbocycles. The molecule has 0 aliphatic rings. The van der Waals surface area contributed by atoms with E-state index in [-0.39, 0.29) is 11.3 Å². The molecule has 78 valence electrons. The van der Waals surface area contributed by atoms with E-state index in [0.717, 1.165) is 0 Å². The maximum atomic E-state index is 10.5. The van der Waals surface area contributed by atoms with Gasteiger partial charge in [0, 0.05) is 12.6 Å². The fourth-order valence-corrected chi connectivity index (χ4v) is 0.747. The second kappa shape index (κ2) is 4.61. The minimum Gasteiger partial charge on any atom is -0.481 e. The second-order valence-corrected chi connectivity index (χ2v) is 4.74. The van der Waals surface area contributed by atoms with Crippen molar-refractivity contribution in [2.24, 2.45) is 11.3 Å². The molecule has 0 bridgehead atoms. The fourth-order valence-electron chi connectivity index (χ4n) is 0.747. The highest BCUT2D eigenvalue weighted by molar-refractivity contribution is 5.69. The van der Waals surface area contributed by atoms with Gasteiger partial charge in [0.25, 0.3) is 0 Å². The Hall–Kier alpha value is -0.570. The van der Waals surface area contributed by atoms with Gasteiger partial charge >= 0.3 is 5.97 Å². The SMILES string of the molecule is CC(CNC(C)C(C)(C)C)C(=O)O. The third-order valence-electron chi connectivity index (χ3n) is 2.45. The van der Waals surface area contributed by atoms with E-state index in [9.17, 15) is 4.79 Å². The minimum atomic E-state index is -0.742. The average Bonchev–Trinajstić information content (AvgIpc) is 1.97. The molecule has 0 radical (unpaired) electrons. The Balaban J connectivity index is 3.83. The third-order valence-corrected chi connectivity index (χ3v) is 2.45. The van der Waals surface area contributed by atoms with Gasteiger partial charge in [0.05, 0.1) is 5.92 Å². The molecular weight excluding hydrogens is 166 g/mol. The first-order valence-electron chi connectivity index (χ1n) is 4.71. The van der Waals surface area contributed by atoms with Crippen LogP contribution in [0.15, 0.2) is 0 Å². The number of carboxylic acids is 1. The van der Waals surface area contributed by atoms with Crippen molar-refractivity contribution in [1.82, 2.24) is 5.32 Å². The Labute approximate surface area is 80.5 Å². The molecule has 2 atom stereocenters. The number of hydrogen-bond donors (Lipinski definition) is 2. The van der Waals surface area contributed by atoms with Crippen LogP contribution in [-0.2, 0) is 4.79 Å². The molecule has 0 heterocycles. The van der Waals surface area contributed by atoms with Gasteiger partial charge in [-0.15, -0.1) is 0 Å². The van der Waals surface area contributed by atoms with E-state index in [1.807, 2.05) is 0 Å². The van der Waals surface area contributed by atoms with Crippen molar-refractivity contribution in [2.45, 2.75) is 40.7 Å². The maximum Gasteiger partial charge on any atom is 0.307 e. The van der Waals surface area contributed by atoms with E-state index in [4.69, 9.17) is 5.11 Å². The van der Waals surface area contributed by atoms with Crippen molar-refractivity contribution in [3.05, 3.63) is 0 Å². The number of carbonyl (C=O) groups is 1. The van der Waals surface area contributed by atoms with Crippen molar-refractivity contribution in [1.29, 1.82) is 0 Å². The quantitative estimate of drug-likeness (QED) is 0.704. The van der Waals surface area contributed by atoms with E-state index in [1.54, 1.807) is 6.92 Å². The lowest BCUT2D eigenvalue weighted by Gasteiger charge is -2.28. The standard InChI is InChI=1S/C10H21NO2/c1-7(9(12)13)6-11-8(2)10(3,4)5/h7-8,11H,6H2,1-5H3,(H,12,13). The lowest BCUT2D eigenvalue weighted by Crippen LogP contribution is -2.41. The van der Waals surface area contributed by atoms with Gasteiger partial charge in [-0.2, -0.15) is 0 Å². The van der Waals surface area contributed by atoms with Crippen LogP contribution in [0.25, 0.3) is 0 Å². The number of nitrogens with one attached hydrogen (secondary N) is 1. The molecule has 0 spiro atoms. The van der Waals surface area contributed by atoms with Gasteiger partial charge in [-0.1, -0.05) is 27.7 Å². The Kier molecular flexibility index (Phi) is 4.40. The second-order valence-electron chi connectivity index (χ2n) is 4.74. The molecule has 3 nitrogen and oxygen atoms in total. The van der Waals surface area contributed by atoms with E-state index in [0.29, 0.717) is 12.6 Å². The molecule has 0 aromatic carbocycles. The summed E-state index contributed by atoms with van der Waals surface area (Å²) in [5.74, 6) is -1.06. The van der Waals surface area contributed by atoms with E-state index >= 15 is 0 Å². The molecule has 3 heteroatoms. The molecule has 0 fully saturated rings. The van der Waals surface area contributed by atoms with Crippen LogP contribution in [0.1, 0.15) is 34.6 Å². The topological polar surface area (TPSA) is 49.3 Å². The molecule has 0 aromatic heterocycles. The Bertz CT molecular complexity index is 172. The Morgan fingerprint density at radius 2 is 1.85 bits per heavy atom. The largest absolute Gasteiger partial charge is 0.481 e. The van der Waals surface area contributed by atoms with E-state index in [2.05, 4.69) is 33.0 Å². The minimum absolute atomic E-state index is 0.179. The van der Waals surface area contributed by atoms with Crippen molar-refractivity contribution in [3.8, 4) is 0 Å². The van der Waals surface area contributed by atoms with Gasteiger partial charge < -0.3 is 10.4 Å². The maximum absolute atomic E-state index is 10.5. The van der Waals surface area contributed by atoms with E-state index < -0.39 is 5.97 Å². The summed E-state index contributed by atoms with van der Waals surface area (Å²) in [7, 11) is 0. The monoisotopic (exact) mass is 187 g/mol. The van der Waals surface area contributed by atoms with Gasteiger partial charge in [0.2, 0.25) is 0 Å². The summed E-state index contributed by atoms with van der Waals surface area (Å²) < 4.78 is 0. The van der Waals surface area contributed by atoms with Gasteiger partial charge in [0.15, 0.2) is 0 Å². The van der Waals surface area contributed by atoms with Gasteiger partial charge in [-0.25, -0.2) is 0 Å². The van der Waals surface area contributed by atoms with Crippen molar-refractivity contribution in [3.63, 3.8) is 0 Å². The third kappa shape index (κ3) is 4.88. The first-order chi connectivity index (χ1) is 5.75. The van der Waals surface area contributed by atoms with Crippen LogP contribution in [0.2, 0.25) is 0 Å². The number of rotatable bonds is 4. The van der Waals surface area contributed by atoms with Crippen molar-refractivity contribution in [2.75, 3.05) is 6.54 Å². The van der Waals surface area contributed by atoms with Crippen LogP contribution in [0, 0.1) is 11.3 Å². The molecule has 0 saturated heterocycles. The zero-order valence-electron chi connectivity index (χ0n) is 9.22. The lowest BCUT2D eigenvalue weighted by atomic mass is 9.88. The van der Waals surface area contributed by atoms with Crippen molar-refractivity contribution < 1.29 is 9.90 Å². The van der Waals surface area contributed by atoms with Crippen molar-refractivity contribution >= 4 is 5.97 Å². The smallest absolute Gasteiger partial charge is 0.307 e. The molecule has 0 aliphatic heterocycles. The average molecular weight is 187 g/mol. The molecule has 13 heavy (non-hydrogen) atoms. The predicted octanol–water partition coefficient (Wildman–Crippen LogP) is 1.73. The van der Waals surface area contributed by atoms with Crippen LogP contribution in [0.4, 0.5) is 0 Å². The fraction of sp³-hybridized carbons (Fsp3) is 0.900. The first kappa shape index (κ1) is 12.4. The molecule has 0 saturated carbocycles. The van der Waals surface area contributed by atoms with Crippen LogP contribution < -0.4 is 5.32 Å². The van der Waals surface area contributed by atoms with Gasteiger partial charge in [0.1, 0.15) is 0 Å². The highest BCUT2D eigenvalue weighted by Crippen LogP contribution is 2.18. The summed E-state index contributed by atoms with van der Waals surface area (Å²) in [6.45, 7) is 10.7. The summed E-state index contributed by atoms with van der Waals surface area (Å²) in [6.07, 6.45) is 0. The highest BCUT2D eigenvalue weighted by Gasteiger charge is 2.20. The molecule has 0 amide bonds. The predicted molar refractivity (Wildman–Crippen MR) is 53.7 cm³/mol. The van der Waals surface area contributed by atoms with Gasteiger partial charge in [-0.05, 0) is 12.3 Å².